The number of halogens is 3. The lowest BCUT2D eigenvalue weighted by Gasteiger charge is -2.13. The standard InChI is InChI=1S/C26H26F3N7O/c1-30-33-26(37-16-25(28)29)18-4-5-19(22(27)11-18)14-36-15-24(32-34-36)17-6-7-23-21(10-17)20(12-31-23)13-35-8-2-3-9-35/h4-7,10-12,15,25,31H,1-3,8-9,13-14,16H2/b33-26-. The molecule has 2 aromatic carbocycles. The second-order valence-electron chi connectivity index (χ2n) is 8.91. The maximum absolute atomic E-state index is 14.8. The van der Waals surface area contributed by atoms with Gasteiger partial charge >= 0.3 is 0 Å². The number of aromatic amines is 1. The highest BCUT2D eigenvalue weighted by Crippen LogP contribution is 2.27. The molecule has 0 unspecified atom stereocenters. The third kappa shape index (κ3) is 5.72. The summed E-state index contributed by atoms with van der Waals surface area (Å²) in [6.07, 6.45) is 3.62. The molecule has 2 aromatic heterocycles. The molecule has 0 saturated carbocycles. The van der Waals surface area contributed by atoms with E-state index in [4.69, 9.17) is 4.74 Å². The van der Waals surface area contributed by atoms with E-state index in [1.165, 1.54) is 30.5 Å². The quantitative estimate of drug-likeness (QED) is 0.199. The Balaban J connectivity index is 1.32. The van der Waals surface area contributed by atoms with Crippen molar-refractivity contribution in [1.29, 1.82) is 0 Å². The van der Waals surface area contributed by atoms with Crippen LogP contribution in [-0.2, 0) is 17.8 Å². The molecule has 5 rings (SSSR count). The Bertz CT molecular complexity index is 1420. The number of likely N-dealkylation sites (tertiary alicyclic amines) is 1. The number of nitrogens with one attached hydrogen (secondary N) is 1. The maximum atomic E-state index is 14.8. The molecule has 1 saturated heterocycles. The number of hydrogen-bond acceptors (Lipinski definition) is 6. The van der Waals surface area contributed by atoms with Crippen molar-refractivity contribution in [3.8, 4) is 11.3 Å². The van der Waals surface area contributed by atoms with Gasteiger partial charge in [-0.1, -0.05) is 17.3 Å². The number of alkyl halides is 2. The van der Waals surface area contributed by atoms with E-state index in [9.17, 15) is 13.2 Å². The van der Waals surface area contributed by atoms with Crippen molar-refractivity contribution in [2.75, 3.05) is 19.7 Å². The molecule has 0 bridgehead atoms. The van der Waals surface area contributed by atoms with Gasteiger partial charge < -0.3 is 9.72 Å². The number of fused-ring (bicyclic) bond motifs is 1. The highest BCUT2D eigenvalue weighted by molar-refractivity contribution is 5.94. The van der Waals surface area contributed by atoms with Gasteiger partial charge in [0.15, 0.2) is 6.61 Å². The molecule has 0 spiro atoms. The Morgan fingerprint density at radius 3 is 2.70 bits per heavy atom. The fourth-order valence-corrected chi connectivity index (χ4v) is 4.52. The minimum atomic E-state index is -2.70. The fourth-order valence-electron chi connectivity index (χ4n) is 4.52. The van der Waals surface area contributed by atoms with Crippen LogP contribution >= 0.6 is 0 Å². The van der Waals surface area contributed by atoms with Gasteiger partial charge in [-0.2, -0.15) is 5.10 Å². The SMILES string of the molecule is C=N/N=C(\OCC(F)F)c1ccc(Cn2cc(-c3ccc4[nH]cc(CN5CCCC5)c4c3)nn2)c(F)c1. The van der Waals surface area contributed by atoms with Gasteiger partial charge in [0.1, 0.15) is 11.5 Å². The zero-order valence-electron chi connectivity index (χ0n) is 20.1. The first-order chi connectivity index (χ1) is 18.0. The second kappa shape index (κ2) is 11.0. The summed E-state index contributed by atoms with van der Waals surface area (Å²) in [6.45, 7) is 5.61. The first kappa shape index (κ1) is 24.7. The lowest BCUT2D eigenvalue weighted by Crippen LogP contribution is -2.17. The minimum Gasteiger partial charge on any atom is -0.470 e. The number of ether oxygens (including phenoxy) is 1. The molecule has 1 N–H and O–H groups in total. The summed E-state index contributed by atoms with van der Waals surface area (Å²) < 4.78 is 46.3. The molecule has 0 radical (unpaired) electrons. The van der Waals surface area contributed by atoms with Crippen molar-refractivity contribution in [3.05, 3.63) is 71.3 Å². The van der Waals surface area contributed by atoms with E-state index in [0.717, 1.165) is 42.2 Å². The van der Waals surface area contributed by atoms with E-state index in [2.05, 4.69) is 49.4 Å². The van der Waals surface area contributed by atoms with Gasteiger partial charge in [0, 0.05) is 47.1 Å². The Kier molecular flexibility index (Phi) is 7.31. The fraction of sp³-hybridized carbons (Fsp3) is 0.308. The molecule has 0 amide bonds. The summed E-state index contributed by atoms with van der Waals surface area (Å²) in [5, 5.41) is 16.5. The molecule has 8 nitrogen and oxygen atoms in total. The van der Waals surface area contributed by atoms with Gasteiger partial charge in [-0.25, -0.2) is 17.9 Å². The third-order valence-electron chi connectivity index (χ3n) is 6.33. The van der Waals surface area contributed by atoms with Crippen molar-refractivity contribution < 1.29 is 17.9 Å². The van der Waals surface area contributed by atoms with Crippen molar-refractivity contribution in [2.45, 2.75) is 32.4 Å². The number of hydrogen-bond donors (Lipinski definition) is 1. The van der Waals surface area contributed by atoms with Crippen molar-refractivity contribution in [1.82, 2.24) is 24.9 Å². The van der Waals surface area contributed by atoms with Gasteiger partial charge in [0.2, 0.25) is 5.90 Å². The summed E-state index contributed by atoms with van der Waals surface area (Å²) in [7, 11) is 0. The number of benzene rings is 2. The Morgan fingerprint density at radius 1 is 1.11 bits per heavy atom. The van der Waals surface area contributed by atoms with Crippen molar-refractivity contribution in [3.63, 3.8) is 0 Å². The van der Waals surface area contributed by atoms with Crippen molar-refractivity contribution >= 4 is 23.5 Å². The van der Waals surface area contributed by atoms with Gasteiger partial charge in [0.05, 0.1) is 12.7 Å². The zero-order valence-corrected chi connectivity index (χ0v) is 20.1. The average molecular weight is 510 g/mol. The highest BCUT2D eigenvalue weighted by Gasteiger charge is 2.16. The maximum Gasteiger partial charge on any atom is 0.272 e. The van der Waals surface area contributed by atoms with E-state index < -0.39 is 18.8 Å². The second-order valence-corrected chi connectivity index (χ2v) is 8.91. The van der Waals surface area contributed by atoms with E-state index in [1.807, 2.05) is 12.1 Å². The molecular formula is C26H26F3N7O. The summed E-state index contributed by atoms with van der Waals surface area (Å²) in [6, 6.07) is 10.3. The van der Waals surface area contributed by atoms with Crippen LogP contribution in [-0.4, -0.2) is 63.6 Å². The smallest absolute Gasteiger partial charge is 0.272 e. The average Bonchev–Trinajstić information content (AvgIpc) is 3.65. The van der Waals surface area contributed by atoms with Crippen LogP contribution in [0, 0.1) is 5.82 Å². The van der Waals surface area contributed by atoms with Gasteiger partial charge in [-0.05, 0) is 55.8 Å². The lowest BCUT2D eigenvalue weighted by molar-refractivity contribution is 0.0765. The number of aromatic nitrogens is 4. The van der Waals surface area contributed by atoms with E-state index in [-0.39, 0.29) is 18.0 Å². The summed E-state index contributed by atoms with van der Waals surface area (Å²) >= 11 is 0. The van der Waals surface area contributed by atoms with Crippen LogP contribution in [0.3, 0.4) is 0 Å². The minimum absolute atomic E-state index is 0.135. The van der Waals surface area contributed by atoms with Gasteiger partial charge in [-0.15, -0.1) is 10.2 Å². The molecule has 3 heterocycles. The zero-order chi connectivity index (χ0) is 25.8. The summed E-state index contributed by atoms with van der Waals surface area (Å²) in [5.74, 6) is -0.791. The molecular weight excluding hydrogens is 483 g/mol. The molecule has 0 atom stereocenters. The van der Waals surface area contributed by atoms with E-state index >= 15 is 0 Å². The topological polar surface area (TPSA) is 83.7 Å². The molecule has 0 aliphatic carbocycles. The molecule has 1 aliphatic heterocycles. The Morgan fingerprint density at radius 2 is 1.95 bits per heavy atom. The van der Waals surface area contributed by atoms with Gasteiger partial charge in [-0.3, -0.25) is 4.90 Å². The first-order valence-electron chi connectivity index (χ1n) is 12.0. The molecule has 37 heavy (non-hydrogen) atoms. The van der Waals surface area contributed by atoms with E-state index in [0.29, 0.717) is 11.3 Å². The van der Waals surface area contributed by atoms with Gasteiger partial charge in [0.25, 0.3) is 6.43 Å². The largest absolute Gasteiger partial charge is 0.470 e. The molecule has 192 valence electrons. The molecule has 4 aromatic rings. The lowest BCUT2D eigenvalue weighted by atomic mass is 10.1. The molecule has 1 aliphatic rings. The number of H-pyrrole nitrogens is 1. The van der Waals surface area contributed by atoms with Crippen LogP contribution in [0.25, 0.3) is 22.2 Å². The van der Waals surface area contributed by atoms with Crippen LogP contribution in [0.1, 0.15) is 29.5 Å². The van der Waals surface area contributed by atoms with E-state index in [1.54, 1.807) is 10.9 Å². The third-order valence-corrected chi connectivity index (χ3v) is 6.33. The Hall–Kier alpha value is -3.99. The predicted octanol–water partition coefficient (Wildman–Crippen LogP) is 4.85. The summed E-state index contributed by atoms with van der Waals surface area (Å²) in [5.41, 5.74) is 4.44. The number of nitrogens with zero attached hydrogens (tertiary/aromatic N) is 6. The summed E-state index contributed by atoms with van der Waals surface area (Å²) in [4.78, 5) is 5.80. The Labute approximate surface area is 211 Å². The monoisotopic (exact) mass is 509 g/mol. The first-order valence-corrected chi connectivity index (χ1v) is 12.0. The normalized spacial score (nSPS) is 14.6. The van der Waals surface area contributed by atoms with Crippen LogP contribution < -0.4 is 0 Å². The van der Waals surface area contributed by atoms with Crippen LogP contribution in [0.5, 0.6) is 0 Å². The molecule has 1 fully saturated rings. The van der Waals surface area contributed by atoms with Crippen LogP contribution in [0.2, 0.25) is 0 Å². The van der Waals surface area contributed by atoms with Crippen molar-refractivity contribution in [2.24, 2.45) is 10.2 Å². The van der Waals surface area contributed by atoms with Crippen LogP contribution in [0.4, 0.5) is 13.2 Å². The predicted molar refractivity (Wildman–Crippen MR) is 135 cm³/mol. The number of rotatable bonds is 9. The molecule has 11 heteroatoms. The van der Waals surface area contributed by atoms with Crippen LogP contribution in [0.15, 0.2) is 59.0 Å². The highest BCUT2D eigenvalue weighted by atomic mass is 19.3.